The van der Waals surface area contributed by atoms with Gasteiger partial charge in [0.15, 0.2) is 5.76 Å². The highest BCUT2D eigenvalue weighted by Crippen LogP contribution is 2.28. The highest BCUT2D eigenvalue weighted by atomic mass is 32.1. The molecule has 0 radical (unpaired) electrons. The summed E-state index contributed by atoms with van der Waals surface area (Å²) in [6.45, 7) is 1.90. The molecule has 5 rings (SSSR count). The number of furan rings is 2. The normalized spacial score (nSPS) is 12.4. The monoisotopic (exact) mass is 400 g/mol. The van der Waals surface area contributed by atoms with Gasteiger partial charge in [0.2, 0.25) is 4.80 Å². The molecule has 5 aromatic rings. The second kappa shape index (κ2) is 7.37. The van der Waals surface area contributed by atoms with Gasteiger partial charge in [-0.15, -0.1) is 11.3 Å². The average molecular weight is 400 g/mol. The fourth-order valence-corrected chi connectivity index (χ4v) is 3.77. The molecule has 0 aliphatic carbocycles. The van der Waals surface area contributed by atoms with Crippen molar-refractivity contribution < 1.29 is 8.83 Å². The zero-order chi connectivity index (χ0) is 19.6. The van der Waals surface area contributed by atoms with Gasteiger partial charge in [-0.1, -0.05) is 18.2 Å². The van der Waals surface area contributed by atoms with Crippen molar-refractivity contribution in [2.75, 3.05) is 0 Å². The van der Waals surface area contributed by atoms with Gasteiger partial charge in [0.1, 0.15) is 22.8 Å². The fraction of sp³-hybridized carbons (Fsp3) is 0.0455. The van der Waals surface area contributed by atoms with E-state index in [0.29, 0.717) is 10.6 Å². The van der Waals surface area contributed by atoms with Crippen LogP contribution < -0.4 is 4.80 Å². The van der Waals surface area contributed by atoms with Gasteiger partial charge >= 0.3 is 0 Å². The summed E-state index contributed by atoms with van der Waals surface area (Å²) in [6.07, 6.45) is 5.11. The fourth-order valence-electron chi connectivity index (χ4n) is 2.94. The van der Waals surface area contributed by atoms with Gasteiger partial charge in [-0.2, -0.15) is 5.10 Å². The van der Waals surface area contributed by atoms with Crippen LogP contribution in [-0.4, -0.2) is 15.9 Å². The van der Waals surface area contributed by atoms with E-state index >= 15 is 0 Å². The van der Waals surface area contributed by atoms with Crippen LogP contribution in [0.2, 0.25) is 0 Å². The summed E-state index contributed by atoms with van der Waals surface area (Å²) < 4.78 is 13.4. The number of rotatable bonds is 4. The third kappa shape index (κ3) is 3.55. The van der Waals surface area contributed by atoms with E-state index in [2.05, 4.69) is 10.1 Å². The molecule has 0 saturated carbocycles. The van der Waals surface area contributed by atoms with Crippen molar-refractivity contribution in [3.63, 3.8) is 0 Å². The zero-order valence-electron chi connectivity index (χ0n) is 15.5. The van der Waals surface area contributed by atoms with Crippen LogP contribution in [-0.2, 0) is 0 Å². The number of fused-ring (bicyclic) bond motifs is 1. The number of pyridine rings is 1. The molecule has 0 aliphatic rings. The van der Waals surface area contributed by atoms with Crippen molar-refractivity contribution in [1.82, 2.24) is 9.66 Å². The Balaban J connectivity index is 1.66. The van der Waals surface area contributed by atoms with Crippen molar-refractivity contribution in [3.05, 3.63) is 88.7 Å². The number of nitrogens with zero attached hydrogens (tertiary/aromatic N) is 4. The molecule has 0 saturated heterocycles. The second-order valence-electron chi connectivity index (χ2n) is 6.38. The molecule has 0 amide bonds. The maximum atomic E-state index is 6.05. The number of benzene rings is 1. The number of hydrogen-bond acceptors (Lipinski definition) is 6. The third-order valence-corrected chi connectivity index (χ3v) is 5.11. The van der Waals surface area contributed by atoms with Gasteiger partial charge in [-0.3, -0.25) is 4.98 Å². The van der Waals surface area contributed by atoms with Gasteiger partial charge < -0.3 is 8.83 Å². The first-order valence-corrected chi connectivity index (χ1v) is 9.89. The lowest BCUT2D eigenvalue weighted by Gasteiger charge is -2.00. The highest BCUT2D eigenvalue weighted by Gasteiger charge is 2.13. The van der Waals surface area contributed by atoms with E-state index in [4.69, 9.17) is 13.8 Å². The van der Waals surface area contributed by atoms with Crippen LogP contribution in [0.25, 0.3) is 22.4 Å². The number of para-hydroxylation sites is 1. The predicted octanol–water partition coefficient (Wildman–Crippen LogP) is 5.37. The second-order valence-corrected chi connectivity index (χ2v) is 7.22. The minimum absolute atomic E-state index is 0.670. The Hall–Kier alpha value is -3.71. The van der Waals surface area contributed by atoms with E-state index in [1.807, 2.05) is 66.9 Å². The standard InChI is InChI=1S/C22H16N4O2S/c1-15-8-9-18(27-15)13-24-26-19(21-11-16-5-2-3-7-20(16)28-21)14-29-22(26)25-17-6-4-10-23-12-17/h2-14H,1H3. The van der Waals surface area contributed by atoms with Gasteiger partial charge in [0.25, 0.3) is 0 Å². The van der Waals surface area contributed by atoms with Gasteiger partial charge in [0, 0.05) is 17.0 Å². The molecular weight excluding hydrogens is 384 g/mol. The quantitative estimate of drug-likeness (QED) is 0.381. The number of hydrogen-bond donors (Lipinski definition) is 0. The first-order valence-electron chi connectivity index (χ1n) is 9.01. The summed E-state index contributed by atoms with van der Waals surface area (Å²) in [6, 6.07) is 17.5. The zero-order valence-corrected chi connectivity index (χ0v) is 16.3. The molecule has 1 aromatic carbocycles. The van der Waals surface area contributed by atoms with Crippen LogP contribution in [0, 0.1) is 6.92 Å². The minimum Gasteiger partial charge on any atom is -0.460 e. The minimum atomic E-state index is 0.670. The molecule has 4 heterocycles. The highest BCUT2D eigenvalue weighted by molar-refractivity contribution is 7.07. The topological polar surface area (TPSA) is 68.8 Å². The Labute approximate surface area is 170 Å². The first kappa shape index (κ1) is 17.4. The van der Waals surface area contributed by atoms with Crippen LogP contribution >= 0.6 is 11.3 Å². The van der Waals surface area contributed by atoms with E-state index in [1.54, 1.807) is 23.3 Å². The van der Waals surface area contributed by atoms with Gasteiger partial charge in [0.05, 0.1) is 18.1 Å². The van der Waals surface area contributed by atoms with Crippen molar-refractivity contribution in [3.8, 4) is 11.5 Å². The van der Waals surface area contributed by atoms with Crippen LogP contribution in [0.15, 0.2) is 91.3 Å². The molecule has 0 atom stereocenters. The molecule has 0 spiro atoms. The van der Waals surface area contributed by atoms with Crippen LogP contribution in [0.1, 0.15) is 11.5 Å². The summed E-state index contributed by atoms with van der Waals surface area (Å²) >= 11 is 1.48. The lowest BCUT2D eigenvalue weighted by atomic mass is 10.2. The maximum Gasteiger partial charge on any atom is 0.211 e. The maximum absolute atomic E-state index is 6.05. The smallest absolute Gasteiger partial charge is 0.211 e. The molecule has 0 unspecified atom stereocenters. The number of aryl methyl sites for hydroxylation is 1. The molecule has 0 bridgehead atoms. The molecule has 0 aliphatic heterocycles. The van der Waals surface area contributed by atoms with Crippen LogP contribution in [0.4, 0.5) is 5.69 Å². The summed E-state index contributed by atoms with van der Waals surface area (Å²) in [5.74, 6) is 2.23. The molecule has 7 heteroatoms. The molecular formula is C22H16N4O2S. The Kier molecular flexibility index (Phi) is 4.42. The Morgan fingerprint density at radius 1 is 1.07 bits per heavy atom. The number of thiazole rings is 1. The molecule has 0 fully saturated rings. The lowest BCUT2D eigenvalue weighted by Crippen LogP contribution is -2.11. The molecule has 4 aromatic heterocycles. The van der Waals surface area contributed by atoms with E-state index in [1.165, 1.54) is 11.3 Å². The average Bonchev–Trinajstić information content (AvgIpc) is 3.45. The summed E-state index contributed by atoms with van der Waals surface area (Å²) in [7, 11) is 0. The van der Waals surface area contributed by atoms with Crippen molar-refractivity contribution >= 4 is 34.2 Å². The van der Waals surface area contributed by atoms with Crippen molar-refractivity contribution in [2.24, 2.45) is 10.1 Å². The van der Waals surface area contributed by atoms with Crippen molar-refractivity contribution in [1.29, 1.82) is 0 Å². The largest absolute Gasteiger partial charge is 0.460 e. The Bertz CT molecular complexity index is 1340. The number of aromatic nitrogens is 2. The molecule has 142 valence electrons. The lowest BCUT2D eigenvalue weighted by molar-refractivity contribution is 0.527. The van der Waals surface area contributed by atoms with Crippen LogP contribution in [0.3, 0.4) is 0 Å². The Morgan fingerprint density at radius 2 is 2.00 bits per heavy atom. The SMILES string of the molecule is Cc1ccc(C=Nn2c(-c3cc4ccccc4o3)csc2=Nc2cccnc2)o1. The van der Waals surface area contributed by atoms with E-state index in [0.717, 1.165) is 33.9 Å². The van der Waals surface area contributed by atoms with Crippen LogP contribution in [0.5, 0.6) is 0 Å². The summed E-state index contributed by atoms with van der Waals surface area (Å²) in [5, 5.41) is 7.65. The summed E-state index contributed by atoms with van der Waals surface area (Å²) in [4.78, 5) is 9.52. The van der Waals surface area contributed by atoms with Crippen molar-refractivity contribution in [2.45, 2.75) is 6.92 Å². The van der Waals surface area contributed by atoms with Gasteiger partial charge in [-0.25, -0.2) is 9.67 Å². The molecule has 6 nitrogen and oxygen atoms in total. The van der Waals surface area contributed by atoms with Gasteiger partial charge in [-0.05, 0) is 43.3 Å². The summed E-state index contributed by atoms with van der Waals surface area (Å²) in [5.41, 5.74) is 2.40. The Morgan fingerprint density at radius 3 is 2.79 bits per heavy atom. The predicted molar refractivity (Wildman–Crippen MR) is 113 cm³/mol. The van der Waals surface area contributed by atoms with E-state index < -0.39 is 0 Å². The third-order valence-electron chi connectivity index (χ3n) is 4.30. The molecule has 0 N–H and O–H groups in total. The first-order chi connectivity index (χ1) is 14.3. The van der Waals surface area contributed by atoms with E-state index in [9.17, 15) is 0 Å². The molecule has 29 heavy (non-hydrogen) atoms. The van der Waals surface area contributed by atoms with E-state index in [-0.39, 0.29) is 0 Å².